The van der Waals surface area contributed by atoms with Crippen LogP contribution in [0.4, 0.5) is 0 Å². The van der Waals surface area contributed by atoms with Crippen molar-refractivity contribution < 1.29 is 9.47 Å². The minimum Gasteiger partial charge on any atom is -0.361 e. The molecule has 1 N–H and O–H groups in total. The fraction of sp³-hybridized carbons (Fsp3) is 0.500. The molecule has 0 amide bonds. The van der Waals surface area contributed by atoms with Gasteiger partial charge in [-0.25, -0.2) is 0 Å². The van der Waals surface area contributed by atoms with Gasteiger partial charge < -0.3 is 14.5 Å². The number of hydrogen-bond acceptors (Lipinski definition) is 2. The van der Waals surface area contributed by atoms with E-state index in [2.05, 4.69) is 36.3 Å². The summed E-state index contributed by atoms with van der Waals surface area (Å²) in [5.74, 6) is 0. The van der Waals surface area contributed by atoms with Crippen LogP contribution in [0.3, 0.4) is 0 Å². The first-order valence-electron chi connectivity index (χ1n) is 7.11. The molecule has 0 bridgehead atoms. The fourth-order valence-electron chi connectivity index (χ4n) is 2.46. The Labute approximate surface area is 114 Å². The van der Waals surface area contributed by atoms with Gasteiger partial charge in [-0.1, -0.05) is 25.1 Å². The summed E-state index contributed by atoms with van der Waals surface area (Å²) < 4.78 is 11.3. The normalized spacial score (nSPS) is 11.6. The third-order valence-electron chi connectivity index (χ3n) is 3.36. The van der Waals surface area contributed by atoms with Crippen molar-refractivity contribution in [1.29, 1.82) is 0 Å². The van der Waals surface area contributed by atoms with Gasteiger partial charge in [0, 0.05) is 36.7 Å². The van der Waals surface area contributed by atoms with Gasteiger partial charge in [0.2, 0.25) is 0 Å². The quantitative estimate of drug-likeness (QED) is 0.772. The number of nitrogens with one attached hydrogen (secondary N) is 1. The zero-order chi connectivity index (χ0) is 13.7. The van der Waals surface area contributed by atoms with Crippen molar-refractivity contribution in [2.24, 2.45) is 0 Å². The first kappa shape index (κ1) is 14.1. The van der Waals surface area contributed by atoms with E-state index in [4.69, 9.17) is 9.47 Å². The summed E-state index contributed by atoms with van der Waals surface area (Å²) in [5.41, 5.74) is 3.86. The third-order valence-corrected chi connectivity index (χ3v) is 3.36. The maximum Gasteiger partial charge on any atom is 0.161 e. The predicted octanol–water partition coefficient (Wildman–Crippen LogP) is 3.67. The molecular formula is C16H23NO2. The molecule has 2 aromatic rings. The van der Waals surface area contributed by atoms with E-state index in [9.17, 15) is 0 Å². The number of hydrogen-bond donors (Lipinski definition) is 1. The standard InChI is InChI=1S/C16H23NO2/c1-4-12-8-7-9-14-13(11-17-16(12)14)10-15(18-5-2)19-6-3/h7-9,11,15,17H,4-6,10H2,1-3H3. The molecule has 0 radical (unpaired) electrons. The molecule has 19 heavy (non-hydrogen) atoms. The highest BCUT2D eigenvalue weighted by Gasteiger charge is 2.13. The Morgan fingerprint density at radius 1 is 1.05 bits per heavy atom. The number of para-hydroxylation sites is 1. The number of aromatic amines is 1. The summed E-state index contributed by atoms with van der Waals surface area (Å²) in [5, 5.41) is 1.28. The smallest absolute Gasteiger partial charge is 0.161 e. The lowest BCUT2D eigenvalue weighted by Gasteiger charge is -2.16. The molecule has 3 heteroatoms. The van der Waals surface area contributed by atoms with E-state index < -0.39 is 0 Å². The van der Waals surface area contributed by atoms with Crippen LogP contribution in [-0.2, 0) is 22.3 Å². The number of H-pyrrole nitrogens is 1. The maximum absolute atomic E-state index is 5.63. The monoisotopic (exact) mass is 261 g/mol. The molecule has 0 spiro atoms. The first-order valence-corrected chi connectivity index (χ1v) is 7.11. The average Bonchev–Trinajstić information content (AvgIpc) is 2.82. The average molecular weight is 261 g/mol. The molecule has 0 atom stereocenters. The number of ether oxygens (including phenoxy) is 2. The highest BCUT2D eigenvalue weighted by molar-refractivity contribution is 5.86. The van der Waals surface area contributed by atoms with E-state index in [1.807, 2.05) is 13.8 Å². The lowest BCUT2D eigenvalue weighted by molar-refractivity contribution is -0.134. The van der Waals surface area contributed by atoms with Crippen LogP contribution in [0.2, 0.25) is 0 Å². The summed E-state index contributed by atoms with van der Waals surface area (Å²) in [6, 6.07) is 6.45. The van der Waals surface area contributed by atoms with E-state index in [1.54, 1.807) is 0 Å². The number of aryl methyl sites for hydroxylation is 1. The summed E-state index contributed by atoms with van der Waals surface area (Å²) in [6.07, 6.45) is 3.75. The molecule has 0 aliphatic heterocycles. The van der Waals surface area contributed by atoms with E-state index in [1.165, 1.54) is 22.0 Å². The number of rotatable bonds is 7. The molecule has 1 aromatic heterocycles. The second-order valence-electron chi connectivity index (χ2n) is 4.55. The molecule has 0 saturated carbocycles. The molecule has 0 aliphatic rings. The fourth-order valence-corrected chi connectivity index (χ4v) is 2.46. The Balaban J connectivity index is 2.25. The first-order chi connectivity index (χ1) is 9.30. The van der Waals surface area contributed by atoms with E-state index in [-0.39, 0.29) is 6.29 Å². The van der Waals surface area contributed by atoms with Gasteiger partial charge in [0.15, 0.2) is 6.29 Å². The highest BCUT2D eigenvalue weighted by atomic mass is 16.7. The molecule has 1 heterocycles. The van der Waals surface area contributed by atoms with Crippen molar-refractivity contribution in [1.82, 2.24) is 4.98 Å². The van der Waals surface area contributed by atoms with Crippen LogP contribution >= 0.6 is 0 Å². The molecular weight excluding hydrogens is 238 g/mol. The van der Waals surface area contributed by atoms with Crippen molar-refractivity contribution in [2.45, 2.75) is 39.9 Å². The van der Waals surface area contributed by atoms with Crippen LogP contribution in [0.25, 0.3) is 10.9 Å². The zero-order valence-electron chi connectivity index (χ0n) is 12.0. The van der Waals surface area contributed by atoms with Gasteiger partial charge in [-0.3, -0.25) is 0 Å². The van der Waals surface area contributed by atoms with Crippen molar-refractivity contribution in [3.05, 3.63) is 35.5 Å². The van der Waals surface area contributed by atoms with Gasteiger partial charge in [-0.2, -0.15) is 0 Å². The molecule has 2 rings (SSSR count). The number of fused-ring (bicyclic) bond motifs is 1. The second-order valence-corrected chi connectivity index (χ2v) is 4.55. The molecule has 1 aromatic carbocycles. The minimum absolute atomic E-state index is 0.153. The predicted molar refractivity (Wildman–Crippen MR) is 78.4 cm³/mol. The third kappa shape index (κ3) is 3.17. The van der Waals surface area contributed by atoms with Gasteiger partial charge in [0.05, 0.1) is 0 Å². The van der Waals surface area contributed by atoms with Gasteiger partial charge in [-0.05, 0) is 31.4 Å². The summed E-state index contributed by atoms with van der Waals surface area (Å²) in [4.78, 5) is 3.39. The molecule has 104 valence electrons. The maximum atomic E-state index is 5.63. The van der Waals surface area contributed by atoms with E-state index >= 15 is 0 Å². The second kappa shape index (κ2) is 6.73. The number of benzene rings is 1. The SMILES string of the molecule is CCOC(Cc1c[nH]c2c(CC)cccc12)OCC. The lowest BCUT2D eigenvalue weighted by atomic mass is 10.1. The molecule has 0 fully saturated rings. The molecule has 0 saturated heterocycles. The van der Waals surface area contributed by atoms with Crippen LogP contribution < -0.4 is 0 Å². The Hall–Kier alpha value is -1.32. The van der Waals surface area contributed by atoms with Gasteiger partial charge in [-0.15, -0.1) is 0 Å². The Kier molecular flexibility index (Phi) is 5.00. The van der Waals surface area contributed by atoms with Gasteiger partial charge in [0.25, 0.3) is 0 Å². The lowest BCUT2D eigenvalue weighted by Crippen LogP contribution is -2.19. The van der Waals surface area contributed by atoms with E-state index in [0.29, 0.717) is 13.2 Å². The van der Waals surface area contributed by atoms with Crippen molar-refractivity contribution in [3.63, 3.8) is 0 Å². The van der Waals surface area contributed by atoms with Crippen molar-refractivity contribution in [3.8, 4) is 0 Å². The van der Waals surface area contributed by atoms with E-state index in [0.717, 1.165) is 12.8 Å². The Morgan fingerprint density at radius 3 is 2.42 bits per heavy atom. The van der Waals surface area contributed by atoms with Crippen LogP contribution in [0.5, 0.6) is 0 Å². The highest BCUT2D eigenvalue weighted by Crippen LogP contribution is 2.23. The Bertz CT molecular complexity index is 512. The number of aromatic nitrogens is 1. The largest absolute Gasteiger partial charge is 0.361 e. The van der Waals surface area contributed by atoms with Gasteiger partial charge >= 0.3 is 0 Å². The summed E-state index contributed by atoms with van der Waals surface area (Å²) in [6.45, 7) is 7.52. The van der Waals surface area contributed by atoms with Crippen molar-refractivity contribution >= 4 is 10.9 Å². The van der Waals surface area contributed by atoms with Crippen LogP contribution in [-0.4, -0.2) is 24.5 Å². The molecule has 3 nitrogen and oxygen atoms in total. The van der Waals surface area contributed by atoms with Crippen LogP contribution in [0.1, 0.15) is 31.9 Å². The molecule has 0 unspecified atom stereocenters. The Morgan fingerprint density at radius 2 is 1.79 bits per heavy atom. The van der Waals surface area contributed by atoms with Crippen molar-refractivity contribution in [2.75, 3.05) is 13.2 Å². The summed E-state index contributed by atoms with van der Waals surface area (Å²) >= 11 is 0. The van der Waals surface area contributed by atoms with Crippen LogP contribution in [0.15, 0.2) is 24.4 Å². The zero-order valence-corrected chi connectivity index (χ0v) is 12.0. The van der Waals surface area contributed by atoms with Crippen LogP contribution in [0, 0.1) is 0 Å². The van der Waals surface area contributed by atoms with Gasteiger partial charge in [0.1, 0.15) is 0 Å². The topological polar surface area (TPSA) is 34.2 Å². The molecule has 0 aliphatic carbocycles. The minimum atomic E-state index is -0.153. The summed E-state index contributed by atoms with van der Waals surface area (Å²) in [7, 11) is 0.